The SMILES string of the molecule is CCC/C=C(\CCC)c1cn(C(=O)C2CCCCC2)c2ccccc12. The Labute approximate surface area is 151 Å². The smallest absolute Gasteiger partial charge is 0.234 e. The van der Waals surface area contributed by atoms with Crippen LogP contribution < -0.4 is 0 Å². The van der Waals surface area contributed by atoms with Crippen molar-refractivity contribution in [1.29, 1.82) is 0 Å². The number of hydrogen-bond donors (Lipinski definition) is 0. The van der Waals surface area contributed by atoms with E-state index in [0.717, 1.165) is 44.0 Å². The molecule has 1 aliphatic rings. The van der Waals surface area contributed by atoms with Gasteiger partial charge in [-0.15, -0.1) is 0 Å². The lowest BCUT2D eigenvalue weighted by Crippen LogP contribution is -2.23. The van der Waals surface area contributed by atoms with Gasteiger partial charge in [-0.1, -0.05) is 70.2 Å². The van der Waals surface area contributed by atoms with E-state index in [-0.39, 0.29) is 5.92 Å². The molecule has 0 bridgehead atoms. The molecule has 0 unspecified atom stereocenters. The fraction of sp³-hybridized carbons (Fsp3) is 0.522. The van der Waals surface area contributed by atoms with Gasteiger partial charge in [0, 0.05) is 23.1 Å². The highest BCUT2D eigenvalue weighted by Crippen LogP contribution is 2.33. The summed E-state index contributed by atoms with van der Waals surface area (Å²) in [6, 6.07) is 8.41. The summed E-state index contributed by atoms with van der Waals surface area (Å²) in [4.78, 5) is 13.2. The van der Waals surface area contributed by atoms with Crippen LogP contribution in [0.15, 0.2) is 36.5 Å². The Morgan fingerprint density at radius 1 is 1.12 bits per heavy atom. The Bertz CT molecular complexity index is 747. The first-order valence-electron chi connectivity index (χ1n) is 10.1. The summed E-state index contributed by atoms with van der Waals surface area (Å²) >= 11 is 0. The van der Waals surface area contributed by atoms with E-state index in [4.69, 9.17) is 0 Å². The molecule has 0 spiro atoms. The van der Waals surface area contributed by atoms with Crippen molar-refractivity contribution in [3.05, 3.63) is 42.1 Å². The van der Waals surface area contributed by atoms with Crippen molar-refractivity contribution in [2.75, 3.05) is 0 Å². The largest absolute Gasteiger partial charge is 0.286 e. The van der Waals surface area contributed by atoms with E-state index < -0.39 is 0 Å². The van der Waals surface area contributed by atoms with Crippen LogP contribution in [0.4, 0.5) is 0 Å². The topological polar surface area (TPSA) is 22.0 Å². The Kier molecular flexibility index (Phi) is 6.12. The van der Waals surface area contributed by atoms with Crippen molar-refractivity contribution in [1.82, 2.24) is 4.57 Å². The molecular formula is C23H31NO. The molecule has 1 fully saturated rings. The van der Waals surface area contributed by atoms with Crippen LogP contribution in [0.2, 0.25) is 0 Å². The first-order valence-corrected chi connectivity index (χ1v) is 10.1. The van der Waals surface area contributed by atoms with E-state index in [2.05, 4.69) is 44.3 Å². The van der Waals surface area contributed by atoms with E-state index in [1.807, 2.05) is 10.6 Å². The maximum Gasteiger partial charge on any atom is 0.234 e. The first-order chi connectivity index (χ1) is 12.3. The molecule has 1 saturated carbocycles. The number of benzene rings is 1. The maximum absolute atomic E-state index is 13.2. The summed E-state index contributed by atoms with van der Waals surface area (Å²) < 4.78 is 1.95. The highest BCUT2D eigenvalue weighted by Gasteiger charge is 2.24. The van der Waals surface area contributed by atoms with Crippen LogP contribution in [0.5, 0.6) is 0 Å². The minimum Gasteiger partial charge on any atom is -0.286 e. The molecule has 1 aromatic heterocycles. The first kappa shape index (κ1) is 18.0. The Hall–Kier alpha value is -1.83. The highest BCUT2D eigenvalue weighted by molar-refractivity contribution is 6.00. The Morgan fingerprint density at radius 2 is 1.88 bits per heavy atom. The van der Waals surface area contributed by atoms with Crippen molar-refractivity contribution in [3.8, 4) is 0 Å². The molecule has 0 atom stereocenters. The van der Waals surface area contributed by atoms with Gasteiger partial charge in [-0.2, -0.15) is 0 Å². The molecule has 0 N–H and O–H groups in total. The summed E-state index contributed by atoms with van der Waals surface area (Å²) in [7, 11) is 0. The Balaban J connectivity index is 2.04. The van der Waals surface area contributed by atoms with Gasteiger partial charge in [-0.3, -0.25) is 9.36 Å². The molecule has 1 aliphatic carbocycles. The third kappa shape index (κ3) is 3.89. The standard InChI is InChI=1S/C23H31NO/c1-3-5-12-18(11-4-2)21-17-24(22-16-10-9-15-20(21)22)23(25)19-13-7-6-8-14-19/h9-10,12,15-17,19H,3-8,11,13-14H2,1-2H3/b18-12+. The lowest BCUT2D eigenvalue weighted by atomic mass is 9.88. The van der Waals surface area contributed by atoms with Gasteiger partial charge in [0.25, 0.3) is 0 Å². The molecule has 2 aromatic rings. The number of carbonyl (C=O) groups is 1. The average Bonchev–Trinajstić information content (AvgIpc) is 3.05. The van der Waals surface area contributed by atoms with Gasteiger partial charge >= 0.3 is 0 Å². The number of rotatable bonds is 6. The lowest BCUT2D eigenvalue weighted by molar-refractivity contribution is 0.0807. The zero-order valence-corrected chi connectivity index (χ0v) is 15.8. The fourth-order valence-electron chi connectivity index (χ4n) is 4.10. The highest BCUT2D eigenvalue weighted by atomic mass is 16.2. The van der Waals surface area contributed by atoms with Crippen LogP contribution in [0.3, 0.4) is 0 Å². The third-order valence-electron chi connectivity index (χ3n) is 5.45. The molecule has 1 aromatic carbocycles. The summed E-state index contributed by atoms with van der Waals surface area (Å²) in [5.41, 5.74) is 3.73. The van der Waals surface area contributed by atoms with E-state index >= 15 is 0 Å². The average molecular weight is 338 g/mol. The van der Waals surface area contributed by atoms with Crippen LogP contribution in [-0.4, -0.2) is 10.5 Å². The van der Waals surface area contributed by atoms with Crippen LogP contribution in [0.25, 0.3) is 16.5 Å². The van der Waals surface area contributed by atoms with Gasteiger partial charge in [0.2, 0.25) is 5.91 Å². The van der Waals surface area contributed by atoms with E-state index in [1.54, 1.807) is 0 Å². The molecule has 0 saturated heterocycles. The molecule has 0 radical (unpaired) electrons. The monoisotopic (exact) mass is 337 g/mol. The Morgan fingerprint density at radius 3 is 2.60 bits per heavy atom. The van der Waals surface area contributed by atoms with Gasteiger partial charge in [0.05, 0.1) is 5.52 Å². The zero-order chi connectivity index (χ0) is 17.6. The third-order valence-corrected chi connectivity index (χ3v) is 5.45. The summed E-state index contributed by atoms with van der Waals surface area (Å²) in [6.07, 6.45) is 14.7. The van der Waals surface area contributed by atoms with Crippen molar-refractivity contribution < 1.29 is 4.79 Å². The van der Waals surface area contributed by atoms with Crippen molar-refractivity contribution in [2.24, 2.45) is 5.92 Å². The molecule has 1 heterocycles. The number of unbranched alkanes of at least 4 members (excludes halogenated alkanes) is 1. The van der Waals surface area contributed by atoms with E-state index in [1.165, 1.54) is 35.8 Å². The van der Waals surface area contributed by atoms with Gasteiger partial charge in [-0.05, 0) is 37.3 Å². The minimum atomic E-state index is 0.201. The summed E-state index contributed by atoms with van der Waals surface area (Å²) in [5, 5.41) is 1.22. The quantitative estimate of drug-likeness (QED) is 0.565. The zero-order valence-electron chi connectivity index (χ0n) is 15.8. The lowest BCUT2D eigenvalue weighted by Gasteiger charge is -2.20. The number of allylic oxidation sites excluding steroid dienone is 2. The summed E-state index contributed by atoms with van der Waals surface area (Å²) in [5.74, 6) is 0.500. The molecule has 0 aliphatic heterocycles. The molecule has 2 nitrogen and oxygen atoms in total. The molecule has 134 valence electrons. The summed E-state index contributed by atoms with van der Waals surface area (Å²) in [6.45, 7) is 4.45. The van der Waals surface area contributed by atoms with Crippen LogP contribution in [0.1, 0.15) is 82.0 Å². The number of carbonyl (C=O) groups excluding carboxylic acids is 1. The molecule has 0 amide bonds. The number of aromatic nitrogens is 1. The predicted molar refractivity (Wildman–Crippen MR) is 107 cm³/mol. The van der Waals surface area contributed by atoms with Gasteiger partial charge in [0.1, 0.15) is 0 Å². The number of nitrogens with zero attached hydrogens (tertiary/aromatic N) is 1. The van der Waals surface area contributed by atoms with E-state index in [9.17, 15) is 4.79 Å². The van der Waals surface area contributed by atoms with E-state index in [0.29, 0.717) is 5.91 Å². The number of para-hydroxylation sites is 1. The predicted octanol–water partition coefficient (Wildman–Crippen LogP) is 6.85. The number of fused-ring (bicyclic) bond motifs is 1. The molecule has 2 heteroatoms. The van der Waals surface area contributed by atoms with Crippen LogP contribution >= 0.6 is 0 Å². The fourth-order valence-corrected chi connectivity index (χ4v) is 4.10. The van der Waals surface area contributed by atoms with Gasteiger partial charge < -0.3 is 0 Å². The van der Waals surface area contributed by atoms with Gasteiger partial charge in [-0.25, -0.2) is 0 Å². The minimum absolute atomic E-state index is 0.201. The molecule has 25 heavy (non-hydrogen) atoms. The molecular weight excluding hydrogens is 306 g/mol. The number of hydrogen-bond acceptors (Lipinski definition) is 1. The maximum atomic E-state index is 13.2. The second kappa shape index (κ2) is 8.51. The van der Waals surface area contributed by atoms with Crippen LogP contribution in [0, 0.1) is 5.92 Å². The second-order valence-electron chi connectivity index (χ2n) is 7.37. The van der Waals surface area contributed by atoms with Gasteiger partial charge in [0.15, 0.2) is 0 Å². The molecule has 3 rings (SSSR count). The van der Waals surface area contributed by atoms with Crippen molar-refractivity contribution in [2.45, 2.75) is 71.6 Å². The van der Waals surface area contributed by atoms with Crippen molar-refractivity contribution in [3.63, 3.8) is 0 Å². The normalized spacial score (nSPS) is 16.5. The second-order valence-corrected chi connectivity index (χ2v) is 7.37. The van der Waals surface area contributed by atoms with Crippen molar-refractivity contribution >= 4 is 22.4 Å². The van der Waals surface area contributed by atoms with Crippen LogP contribution in [-0.2, 0) is 0 Å².